The van der Waals surface area contributed by atoms with Crippen LogP contribution in [0.2, 0.25) is 0 Å². The number of nitrogens with one attached hydrogen (secondary N) is 1. The summed E-state index contributed by atoms with van der Waals surface area (Å²) in [5.74, 6) is 2.63. The van der Waals surface area contributed by atoms with Gasteiger partial charge in [0.1, 0.15) is 6.61 Å². The molecular formula is C19H17N3O4S. The Kier molecular flexibility index (Phi) is 4.05. The Morgan fingerprint density at radius 1 is 1.19 bits per heavy atom. The van der Waals surface area contributed by atoms with Crippen molar-refractivity contribution in [3.8, 4) is 22.2 Å². The van der Waals surface area contributed by atoms with Crippen LogP contribution in [0.3, 0.4) is 0 Å². The average Bonchev–Trinajstić information content (AvgIpc) is 3.25. The number of nitrogens with zero attached hydrogens (tertiary/aromatic N) is 2. The zero-order valence-electron chi connectivity index (χ0n) is 14.4. The smallest absolute Gasteiger partial charge is 0.271 e. The van der Waals surface area contributed by atoms with E-state index in [1.165, 1.54) is 11.3 Å². The average molecular weight is 383 g/mol. The van der Waals surface area contributed by atoms with E-state index in [9.17, 15) is 4.79 Å². The summed E-state index contributed by atoms with van der Waals surface area (Å²) in [6.45, 7) is 0.850. The fourth-order valence-corrected chi connectivity index (χ4v) is 3.74. The highest BCUT2D eigenvalue weighted by molar-refractivity contribution is 7.15. The van der Waals surface area contributed by atoms with Crippen molar-refractivity contribution >= 4 is 17.2 Å². The van der Waals surface area contributed by atoms with Gasteiger partial charge in [-0.25, -0.2) is 0 Å². The number of aromatic nitrogens is 2. The molecule has 2 aliphatic rings. The van der Waals surface area contributed by atoms with Crippen LogP contribution in [-0.4, -0.2) is 22.7 Å². The molecule has 0 bridgehead atoms. The summed E-state index contributed by atoms with van der Waals surface area (Å²) in [6.07, 6.45) is 1.58. The highest BCUT2D eigenvalue weighted by Crippen LogP contribution is 2.36. The summed E-state index contributed by atoms with van der Waals surface area (Å²) in [4.78, 5) is 18.2. The molecule has 0 spiro atoms. The van der Waals surface area contributed by atoms with Gasteiger partial charge in [-0.1, -0.05) is 17.3 Å². The van der Waals surface area contributed by atoms with E-state index < -0.39 is 6.10 Å². The first-order valence-corrected chi connectivity index (χ1v) is 9.67. The molecule has 27 heavy (non-hydrogen) atoms. The number of benzene rings is 1. The first-order valence-electron chi connectivity index (χ1n) is 8.85. The summed E-state index contributed by atoms with van der Waals surface area (Å²) in [7, 11) is 0. The normalized spacial score (nSPS) is 18.3. The van der Waals surface area contributed by atoms with Gasteiger partial charge in [0.05, 0.1) is 11.4 Å². The zero-order valence-corrected chi connectivity index (χ0v) is 15.2. The van der Waals surface area contributed by atoms with Crippen LogP contribution in [0.1, 0.15) is 29.7 Å². The molecule has 8 heteroatoms. The highest BCUT2D eigenvalue weighted by Gasteiger charge is 2.30. The Bertz CT molecular complexity index is 979. The molecule has 0 saturated heterocycles. The lowest BCUT2D eigenvalue weighted by atomic mass is 10.2. The van der Waals surface area contributed by atoms with E-state index in [1.807, 2.05) is 36.4 Å². The van der Waals surface area contributed by atoms with Gasteiger partial charge in [-0.05, 0) is 37.1 Å². The molecule has 1 atom stereocenters. The Labute approximate surface area is 159 Å². The van der Waals surface area contributed by atoms with E-state index in [0.717, 1.165) is 22.6 Å². The van der Waals surface area contributed by atoms with E-state index in [-0.39, 0.29) is 11.8 Å². The molecule has 1 aromatic carbocycles. The Morgan fingerprint density at radius 2 is 2.04 bits per heavy atom. The van der Waals surface area contributed by atoms with Crippen LogP contribution in [-0.2, 0) is 11.3 Å². The summed E-state index contributed by atoms with van der Waals surface area (Å²) in [5, 5.41) is 7.03. The summed E-state index contributed by atoms with van der Waals surface area (Å²) >= 11 is 1.54. The van der Waals surface area contributed by atoms with Crippen molar-refractivity contribution < 1.29 is 18.8 Å². The van der Waals surface area contributed by atoms with Gasteiger partial charge in [0.2, 0.25) is 17.8 Å². The summed E-state index contributed by atoms with van der Waals surface area (Å²) in [6, 6.07) is 11.4. The number of hydrogen-bond donors (Lipinski definition) is 1. The van der Waals surface area contributed by atoms with Gasteiger partial charge in [0, 0.05) is 10.8 Å². The molecule has 138 valence electrons. The molecule has 1 saturated carbocycles. The zero-order chi connectivity index (χ0) is 18.2. The van der Waals surface area contributed by atoms with Gasteiger partial charge < -0.3 is 19.3 Å². The molecular weight excluding hydrogens is 366 g/mol. The van der Waals surface area contributed by atoms with Crippen molar-refractivity contribution in [3.05, 3.63) is 47.2 Å². The first-order chi connectivity index (χ1) is 13.3. The van der Waals surface area contributed by atoms with Gasteiger partial charge in [-0.3, -0.25) is 4.79 Å². The van der Waals surface area contributed by atoms with Crippen LogP contribution in [0.5, 0.6) is 11.5 Å². The quantitative estimate of drug-likeness (QED) is 0.727. The highest BCUT2D eigenvalue weighted by atomic mass is 32.1. The van der Waals surface area contributed by atoms with E-state index >= 15 is 0 Å². The van der Waals surface area contributed by atoms with Crippen LogP contribution in [0.25, 0.3) is 10.7 Å². The Hall–Kier alpha value is -2.87. The van der Waals surface area contributed by atoms with Crippen LogP contribution >= 0.6 is 11.3 Å². The SMILES string of the molecule is O=C(NCc1ccc(-c2noc(C3COc4ccccc4O3)n2)s1)C1CC1. The molecule has 1 aliphatic heterocycles. The number of carbonyl (C=O) groups excluding carboxylic acids is 1. The summed E-state index contributed by atoms with van der Waals surface area (Å²) in [5.41, 5.74) is 0. The minimum absolute atomic E-state index is 0.140. The Balaban J connectivity index is 1.26. The van der Waals surface area contributed by atoms with Crippen LogP contribution in [0.4, 0.5) is 0 Å². The standard InChI is InChI=1S/C19H17N3O4S/c23-18(11-5-6-11)20-9-12-7-8-16(27-12)17-21-19(26-22-17)15-10-24-13-3-1-2-4-14(13)25-15/h1-4,7-8,11,15H,5-6,9-10H2,(H,20,23). The van der Waals surface area contributed by atoms with Gasteiger partial charge >= 0.3 is 0 Å². The lowest BCUT2D eigenvalue weighted by Crippen LogP contribution is -2.23. The van der Waals surface area contributed by atoms with Gasteiger partial charge in [0.15, 0.2) is 11.5 Å². The van der Waals surface area contributed by atoms with Gasteiger partial charge in [-0.15, -0.1) is 11.3 Å². The largest absolute Gasteiger partial charge is 0.485 e. The van der Waals surface area contributed by atoms with E-state index in [0.29, 0.717) is 36.4 Å². The second kappa shape index (κ2) is 6.70. The second-order valence-corrected chi connectivity index (χ2v) is 7.75. The van der Waals surface area contributed by atoms with Crippen molar-refractivity contribution in [1.82, 2.24) is 15.5 Å². The van der Waals surface area contributed by atoms with Gasteiger partial charge in [-0.2, -0.15) is 4.98 Å². The lowest BCUT2D eigenvalue weighted by Gasteiger charge is -2.23. The first kappa shape index (κ1) is 16.3. The molecule has 1 unspecified atom stereocenters. The van der Waals surface area contributed by atoms with Crippen molar-refractivity contribution in [2.45, 2.75) is 25.5 Å². The van der Waals surface area contributed by atoms with Crippen molar-refractivity contribution in [3.63, 3.8) is 0 Å². The van der Waals surface area contributed by atoms with E-state index in [4.69, 9.17) is 14.0 Å². The number of thiophene rings is 1. The molecule has 5 rings (SSSR count). The minimum atomic E-state index is -0.432. The number of hydrogen-bond acceptors (Lipinski definition) is 7. The summed E-state index contributed by atoms with van der Waals surface area (Å²) < 4.78 is 17.0. The van der Waals surface area contributed by atoms with Crippen molar-refractivity contribution in [2.75, 3.05) is 6.61 Å². The predicted molar refractivity (Wildman–Crippen MR) is 97.5 cm³/mol. The molecule has 3 aromatic rings. The monoisotopic (exact) mass is 383 g/mol. The second-order valence-electron chi connectivity index (χ2n) is 6.58. The maximum Gasteiger partial charge on any atom is 0.271 e. The molecule has 7 nitrogen and oxygen atoms in total. The number of para-hydroxylation sites is 2. The topological polar surface area (TPSA) is 86.5 Å². The molecule has 3 heterocycles. The van der Waals surface area contributed by atoms with Crippen molar-refractivity contribution in [1.29, 1.82) is 0 Å². The number of rotatable bonds is 5. The van der Waals surface area contributed by atoms with Crippen LogP contribution < -0.4 is 14.8 Å². The molecule has 1 aliphatic carbocycles. The van der Waals surface area contributed by atoms with Gasteiger partial charge in [0.25, 0.3) is 5.89 Å². The van der Waals surface area contributed by atoms with Crippen LogP contribution in [0, 0.1) is 5.92 Å². The maximum atomic E-state index is 11.7. The molecule has 1 fully saturated rings. The third-order valence-corrected chi connectivity index (χ3v) is 5.57. The van der Waals surface area contributed by atoms with E-state index in [1.54, 1.807) is 0 Å². The molecule has 1 amide bonds. The minimum Gasteiger partial charge on any atom is -0.485 e. The number of ether oxygens (including phenoxy) is 2. The number of carbonyl (C=O) groups is 1. The van der Waals surface area contributed by atoms with Crippen molar-refractivity contribution in [2.24, 2.45) is 5.92 Å². The Morgan fingerprint density at radius 3 is 2.89 bits per heavy atom. The number of fused-ring (bicyclic) bond motifs is 1. The molecule has 2 aromatic heterocycles. The third-order valence-electron chi connectivity index (χ3n) is 4.49. The third kappa shape index (κ3) is 3.40. The lowest BCUT2D eigenvalue weighted by molar-refractivity contribution is -0.122. The van der Waals surface area contributed by atoms with Crippen LogP contribution in [0.15, 0.2) is 40.9 Å². The number of amides is 1. The van der Waals surface area contributed by atoms with E-state index in [2.05, 4.69) is 15.5 Å². The maximum absolute atomic E-state index is 11.7. The molecule has 0 radical (unpaired) electrons. The fraction of sp³-hybridized carbons (Fsp3) is 0.316. The fourth-order valence-electron chi connectivity index (χ4n) is 2.86. The predicted octanol–water partition coefficient (Wildman–Crippen LogP) is 3.34. The molecule has 1 N–H and O–H groups in total.